The van der Waals surface area contributed by atoms with E-state index in [2.05, 4.69) is 27.7 Å². The van der Waals surface area contributed by atoms with Gasteiger partial charge in [0.1, 0.15) is 11.3 Å². The number of carbonyl (C=O) groups is 1. The maximum atomic E-state index is 15.3. The van der Waals surface area contributed by atoms with E-state index in [4.69, 9.17) is 16.3 Å². The number of imidazole rings is 1. The van der Waals surface area contributed by atoms with Crippen molar-refractivity contribution in [3.8, 4) is 17.0 Å². The van der Waals surface area contributed by atoms with Gasteiger partial charge >= 0.3 is 0 Å². The molecular weight excluding hydrogens is 511 g/mol. The third-order valence-electron chi connectivity index (χ3n) is 6.98. The Kier molecular flexibility index (Phi) is 6.56. The largest absolute Gasteiger partial charge is 0.494 e. The number of rotatable bonds is 9. The van der Waals surface area contributed by atoms with E-state index in [-0.39, 0.29) is 30.1 Å². The van der Waals surface area contributed by atoms with Gasteiger partial charge in [-0.05, 0) is 60.7 Å². The highest BCUT2D eigenvalue weighted by molar-refractivity contribution is 5.92. The predicted molar refractivity (Wildman–Crippen MR) is 148 cm³/mol. The minimum atomic E-state index is -0.595. The van der Waals surface area contributed by atoms with E-state index < -0.39 is 11.7 Å². The summed E-state index contributed by atoms with van der Waals surface area (Å²) in [5.74, 6) is 5.64. The van der Waals surface area contributed by atoms with Crippen LogP contribution in [0.4, 0.5) is 4.39 Å². The molecular formula is C29H29FN8O2. The lowest BCUT2D eigenvalue weighted by Gasteiger charge is -2.15. The van der Waals surface area contributed by atoms with Gasteiger partial charge in [-0.15, -0.1) is 0 Å². The quantitative estimate of drug-likeness (QED) is 0.148. The summed E-state index contributed by atoms with van der Waals surface area (Å²) in [5, 5.41) is 8.53. The Hall–Kier alpha value is -4.90. The van der Waals surface area contributed by atoms with Crippen LogP contribution >= 0.6 is 0 Å². The van der Waals surface area contributed by atoms with Gasteiger partial charge in [0.15, 0.2) is 11.6 Å². The number of carbonyl (C=O) groups excluding carboxylic acids is 1. The van der Waals surface area contributed by atoms with Crippen molar-refractivity contribution in [1.82, 2.24) is 29.3 Å². The number of ether oxygens (including phenoxy) is 1. The van der Waals surface area contributed by atoms with Gasteiger partial charge in [0.25, 0.3) is 5.91 Å². The molecule has 5 N–H and O–H groups in total. The van der Waals surface area contributed by atoms with Crippen molar-refractivity contribution in [3.05, 3.63) is 102 Å². The zero-order valence-electron chi connectivity index (χ0n) is 21.9. The number of aromatic nitrogens is 4. The van der Waals surface area contributed by atoms with Crippen LogP contribution in [-0.4, -0.2) is 37.0 Å². The van der Waals surface area contributed by atoms with Crippen LogP contribution in [0, 0.1) is 5.82 Å². The maximum absolute atomic E-state index is 15.3. The Morgan fingerprint density at radius 1 is 1.23 bits per heavy atom. The summed E-state index contributed by atoms with van der Waals surface area (Å²) >= 11 is 0. The van der Waals surface area contributed by atoms with Crippen LogP contribution in [0.25, 0.3) is 22.4 Å². The molecule has 40 heavy (non-hydrogen) atoms. The van der Waals surface area contributed by atoms with E-state index in [1.165, 1.54) is 42.8 Å². The third kappa shape index (κ3) is 5.06. The molecule has 0 spiro atoms. The summed E-state index contributed by atoms with van der Waals surface area (Å²) in [6.07, 6.45) is 9.60. The highest BCUT2D eigenvalue weighted by Gasteiger charge is 2.24. The number of hydrogen-bond acceptors (Lipinski definition) is 7. The highest BCUT2D eigenvalue weighted by atomic mass is 19.1. The SMILES string of the molecule is COc1ccc(-c2cc3ccccn3n2)c(CNC(=O)/C(N)=C/N(N)Cc2cn3cc(C4CC4)ccc3n2)c1F. The number of methoxy groups -OCH3 is 1. The zero-order valence-corrected chi connectivity index (χ0v) is 21.9. The van der Waals surface area contributed by atoms with Gasteiger partial charge in [-0.1, -0.05) is 12.1 Å². The number of halogens is 1. The Morgan fingerprint density at radius 3 is 2.85 bits per heavy atom. The lowest BCUT2D eigenvalue weighted by Crippen LogP contribution is -2.32. The zero-order chi connectivity index (χ0) is 27.8. The molecule has 0 atom stereocenters. The van der Waals surface area contributed by atoms with Gasteiger partial charge in [0.05, 0.1) is 30.6 Å². The lowest BCUT2D eigenvalue weighted by atomic mass is 10.0. The molecule has 11 heteroatoms. The minimum absolute atomic E-state index is 0.0603. The van der Waals surface area contributed by atoms with E-state index in [0.29, 0.717) is 17.2 Å². The summed E-state index contributed by atoms with van der Waals surface area (Å²) in [7, 11) is 1.39. The topological polar surface area (TPSA) is 128 Å². The minimum Gasteiger partial charge on any atom is -0.494 e. The van der Waals surface area contributed by atoms with E-state index in [9.17, 15) is 4.79 Å². The fraction of sp³-hybridized carbons (Fsp3) is 0.207. The van der Waals surface area contributed by atoms with Crippen molar-refractivity contribution in [2.45, 2.75) is 31.8 Å². The van der Waals surface area contributed by atoms with Gasteiger partial charge in [-0.25, -0.2) is 19.7 Å². The normalized spacial score (nSPS) is 13.6. The van der Waals surface area contributed by atoms with Crippen LogP contribution in [0.5, 0.6) is 5.75 Å². The molecule has 1 aliphatic carbocycles. The van der Waals surface area contributed by atoms with Gasteiger partial charge in [0.2, 0.25) is 0 Å². The molecule has 6 rings (SSSR count). The first-order valence-electron chi connectivity index (χ1n) is 12.9. The Bertz CT molecular complexity index is 1720. The molecule has 1 aromatic carbocycles. The third-order valence-corrected chi connectivity index (χ3v) is 6.98. The smallest absolute Gasteiger partial charge is 0.268 e. The molecule has 1 saturated carbocycles. The standard InChI is InChI=1S/C29H29FN8O2/c1-40-26-9-8-22(25-12-21-4-2-3-11-38(21)35-25)23(28(26)30)13-33-29(39)24(31)17-37(32)16-20-15-36-14-19(18-5-6-18)7-10-27(36)34-20/h2-4,7-12,14-15,17-18H,5-6,13,16,31-32H2,1H3,(H,33,39)/b24-17-. The number of amides is 1. The molecule has 0 unspecified atom stereocenters. The van der Waals surface area contributed by atoms with Crippen LogP contribution in [0.15, 0.2) is 79.0 Å². The maximum Gasteiger partial charge on any atom is 0.268 e. The number of pyridine rings is 2. The van der Waals surface area contributed by atoms with Crippen molar-refractivity contribution < 1.29 is 13.9 Å². The second-order valence-corrected chi connectivity index (χ2v) is 9.88. The van der Waals surface area contributed by atoms with E-state index in [1.54, 1.807) is 10.6 Å². The summed E-state index contributed by atoms with van der Waals surface area (Å²) in [6, 6.07) is 14.9. The molecule has 0 bridgehead atoms. The molecule has 204 valence electrons. The molecule has 1 aliphatic rings. The summed E-state index contributed by atoms with van der Waals surface area (Å²) in [6.45, 7) is 0.108. The monoisotopic (exact) mass is 540 g/mol. The average Bonchev–Trinajstić information content (AvgIpc) is 3.58. The first-order valence-corrected chi connectivity index (χ1v) is 12.9. The number of nitrogens with zero attached hydrogens (tertiary/aromatic N) is 5. The van der Waals surface area contributed by atoms with Crippen LogP contribution < -0.4 is 21.6 Å². The van der Waals surface area contributed by atoms with Crippen LogP contribution in [-0.2, 0) is 17.9 Å². The molecule has 0 aliphatic heterocycles. The van der Waals surface area contributed by atoms with E-state index in [1.807, 2.05) is 47.1 Å². The number of hydrogen-bond donors (Lipinski definition) is 3. The average molecular weight is 541 g/mol. The number of benzene rings is 1. The van der Waals surface area contributed by atoms with Crippen molar-refractivity contribution >= 4 is 17.1 Å². The van der Waals surface area contributed by atoms with Crippen molar-refractivity contribution in [3.63, 3.8) is 0 Å². The fourth-order valence-corrected chi connectivity index (χ4v) is 4.78. The number of hydrazine groups is 1. The first kappa shape index (κ1) is 25.4. The molecule has 1 fully saturated rings. The van der Waals surface area contributed by atoms with E-state index >= 15 is 4.39 Å². The highest BCUT2D eigenvalue weighted by Crippen LogP contribution is 2.40. The Morgan fingerprint density at radius 2 is 2.08 bits per heavy atom. The molecule has 0 saturated heterocycles. The van der Waals surface area contributed by atoms with Gasteiger partial charge in [0, 0.05) is 42.5 Å². The van der Waals surface area contributed by atoms with Crippen molar-refractivity contribution in [1.29, 1.82) is 0 Å². The summed E-state index contributed by atoms with van der Waals surface area (Å²) in [5.41, 5.74) is 10.9. The molecule has 4 heterocycles. The predicted octanol–water partition coefficient (Wildman–Crippen LogP) is 3.47. The second kappa shape index (κ2) is 10.3. The molecule has 4 aromatic heterocycles. The van der Waals surface area contributed by atoms with Crippen LogP contribution in [0.2, 0.25) is 0 Å². The number of fused-ring (bicyclic) bond motifs is 2. The second-order valence-electron chi connectivity index (χ2n) is 9.88. The Labute approximate surface area is 229 Å². The lowest BCUT2D eigenvalue weighted by molar-refractivity contribution is -0.117. The molecule has 0 radical (unpaired) electrons. The molecule has 1 amide bonds. The van der Waals surface area contributed by atoms with Crippen LogP contribution in [0.1, 0.15) is 35.6 Å². The fourth-order valence-electron chi connectivity index (χ4n) is 4.78. The van der Waals surface area contributed by atoms with Gasteiger partial charge in [-0.2, -0.15) is 5.10 Å². The van der Waals surface area contributed by atoms with Gasteiger partial charge in [-0.3, -0.25) is 4.79 Å². The van der Waals surface area contributed by atoms with E-state index in [0.717, 1.165) is 16.9 Å². The molecule has 5 aromatic rings. The number of nitrogens with two attached hydrogens (primary N) is 2. The van der Waals surface area contributed by atoms with Crippen molar-refractivity contribution in [2.75, 3.05) is 7.11 Å². The van der Waals surface area contributed by atoms with Crippen LogP contribution in [0.3, 0.4) is 0 Å². The number of nitrogens with one attached hydrogen (secondary N) is 1. The summed E-state index contributed by atoms with van der Waals surface area (Å²) < 4.78 is 24.2. The Balaban J connectivity index is 1.16. The summed E-state index contributed by atoms with van der Waals surface area (Å²) in [4.78, 5) is 17.4. The van der Waals surface area contributed by atoms with Crippen molar-refractivity contribution in [2.24, 2.45) is 11.6 Å². The van der Waals surface area contributed by atoms with Gasteiger partial charge < -0.3 is 25.2 Å². The molecule has 10 nitrogen and oxygen atoms in total. The first-order chi connectivity index (χ1) is 19.4.